The molecule has 0 aliphatic carbocycles. The number of ether oxygens (including phenoxy) is 2. The second-order valence-corrected chi connectivity index (χ2v) is 14.2. The van der Waals surface area contributed by atoms with Gasteiger partial charge in [0, 0.05) is 23.2 Å². The Hall–Kier alpha value is -4.94. The van der Waals surface area contributed by atoms with Crippen LogP contribution in [0.1, 0.15) is 48.4 Å². The largest absolute Gasteiger partial charge is 0.448 e. The molecule has 0 spiro atoms. The monoisotopic (exact) mass is 682 g/mol. The number of esters is 1. The average molecular weight is 683 g/mol. The molecule has 1 fully saturated rings. The fourth-order valence-corrected chi connectivity index (χ4v) is 7.64. The second kappa shape index (κ2) is 14.0. The van der Waals surface area contributed by atoms with Crippen LogP contribution in [0.2, 0.25) is 0 Å². The highest BCUT2D eigenvalue weighted by Crippen LogP contribution is 2.45. The fraction of sp³-hybridized carbons (Fsp3) is 0.250. The summed E-state index contributed by atoms with van der Waals surface area (Å²) in [5.74, 6) is -1.04. The number of rotatable bonds is 9. The molecule has 6 rings (SSSR count). The first-order chi connectivity index (χ1) is 23.1. The summed E-state index contributed by atoms with van der Waals surface area (Å²) in [6.45, 7) is 5.29. The maximum Gasteiger partial charge on any atom is 0.412 e. The van der Waals surface area contributed by atoms with Gasteiger partial charge in [0.25, 0.3) is 5.91 Å². The minimum absolute atomic E-state index is 0.0835. The number of anilines is 1. The van der Waals surface area contributed by atoms with Crippen LogP contribution >= 0.6 is 23.1 Å². The first-order valence-corrected chi connectivity index (χ1v) is 17.3. The van der Waals surface area contributed by atoms with Gasteiger partial charge in [-0.2, -0.15) is 0 Å². The Balaban J connectivity index is 1.21. The summed E-state index contributed by atoms with van der Waals surface area (Å²) < 4.78 is 11.6. The van der Waals surface area contributed by atoms with Gasteiger partial charge in [-0.15, -0.1) is 23.1 Å². The minimum atomic E-state index is -0.849. The van der Waals surface area contributed by atoms with Crippen molar-refractivity contribution in [2.75, 3.05) is 11.1 Å². The third-order valence-corrected chi connectivity index (χ3v) is 9.75. The van der Waals surface area contributed by atoms with Crippen molar-refractivity contribution in [1.29, 1.82) is 0 Å². The normalized spacial score (nSPS) is 17.3. The number of carbonyl (C=O) groups excluding carboxylic acids is 4. The van der Waals surface area contributed by atoms with E-state index in [4.69, 9.17) is 9.47 Å². The Labute approximate surface area is 286 Å². The topological polar surface area (TPSA) is 127 Å². The molecule has 3 amide bonds. The van der Waals surface area contributed by atoms with Crippen molar-refractivity contribution in [2.45, 2.75) is 50.3 Å². The van der Waals surface area contributed by atoms with Crippen LogP contribution in [0.4, 0.5) is 10.5 Å². The van der Waals surface area contributed by atoms with Gasteiger partial charge in [0.1, 0.15) is 22.7 Å². The number of para-hydroxylation sites is 1. The van der Waals surface area contributed by atoms with Gasteiger partial charge in [0.05, 0.1) is 16.8 Å². The van der Waals surface area contributed by atoms with E-state index in [-0.39, 0.29) is 12.1 Å². The minimum Gasteiger partial charge on any atom is -0.448 e. The van der Waals surface area contributed by atoms with E-state index in [0.717, 1.165) is 16.0 Å². The van der Waals surface area contributed by atoms with Crippen LogP contribution in [-0.2, 0) is 30.3 Å². The molecular formula is C36H34N4O6S2. The number of aromatic nitrogens is 1. The number of amides is 3. The Morgan fingerprint density at radius 3 is 2.23 bits per heavy atom. The van der Waals surface area contributed by atoms with Crippen molar-refractivity contribution in [2.24, 2.45) is 0 Å². The predicted molar refractivity (Wildman–Crippen MR) is 185 cm³/mol. The average Bonchev–Trinajstić information content (AvgIpc) is 3.61. The van der Waals surface area contributed by atoms with Crippen LogP contribution in [0, 0.1) is 0 Å². The Morgan fingerprint density at radius 2 is 1.60 bits per heavy atom. The summed E-state index contributed by atoms with van der Waals surface area (Å²) in [5.41, 5.74) is 4.38. The van der Waals surface area contributed by atoms with Crippen LogP contribution in [0.25, 0.3) is 5.57 Å². The van der Waals surface area contributed by atoms with Gasteiger partial charge in [-0.25, -0.2) is 9.59 Å². The van der Waals surface area contributed by atoms with Crippen molar-refractivity contribution in [3.05, 3.63) is 124 Å². The molecule has 12 heteroatoms. The molecule has 1 aromatic heterocycles. The summed E-state index contributed by atoms with van der Waals surface area (Å²) in [5, 5.41) is 5.04. The van der Waals surface area contributed by atoms with Crippen LogP contribution in [0.5, 0.6) is 0 Å². The molecule has 2 aliphatic heterocycles. The molecule has 48 heavy (non-hydrogen) atoms. The number of nitrogens with one attached hydrogen (secondary N) is 2. The lowest BCUT2D eigenvalue weighted by molar-refractivity contribution is -0.154. The predicted octanol–water partition coefficient (Wildman–Crippen LogP) is 6.18. The molecule has 0 saturated carbocycles. The molecule has 0 bridgehead atoms. The SMILES string of the molecule is CC(C)(C)OC(=O)Nc1ccccc1CC(=O)NC1C(=O)N2C(C(=O)OC(c3ccccc3)c3ccccc3)=C(c3cncs3)CSC12. The summed E-state index contributed by atoms with van der Waals surface area (Å²) >= 11 is 2.83. The Bertz CT molecular complexity index is 1800. The third kappa shape index (κ3) is 7.29. The van der Waals surface area contributed by atoms with Crippen LogP contribution in [0.3, 0.4) is 0 Å². The fourth-order valence-electron chi connectivity index (χ4n) is 5.52. The van der Waals surface area contributed by atoms with E-state index in [1.54, 1.807) is 56.7 Å². The van der Waals surface area contributed by atoms with Gasteiger partial charge in [-0.1, -0.05) is 78.9 Å². The maximum absolute atomic E-state index is 14.1. The number of nitrogens with zero attached hydrogens (tertiary/aromatic N) is 2. The summed E-state index contributed by atoms with van der Waals surface area (Å²) in [6, 6.07) is 25.0. The number of benzene rings is 3. The molecule has 246 valence electrons. The summed E-state index contributed by atoms with van der Waals surface area (Å²) in [4.78, 5) is 60.0. The molecule has 0 radical (unpaired) electrons. The van der Waals surface area contributed by atoms with Crippen molar-refractivity contribution in [3.8, 4) is 0 Å². The third-order valence-electron chi connectivity index (χ3n) is 7.64. The zero-order valence-corrected chi connectivity index (χ0v) is 28.2. The van der Waals surface area contributed by atoms with E-state index in [1.165, 1.54) is 28.0 Å². The van der Waals surface area contributed by atoms with E-state index in [1.807, 2.05) is 60.7 Å². The lowest BCUT2D eigenvalue weighted by Gasteiger charge is -2.49. The first kappa shape index (κ1) is 33.0. The molecule has 1 saturated heterocycles. The smallest absolute Gasteiger partial charge is 0.412 e. The molecule has 3 heterocycles. The molecule has 2 atom stereocenters. The highest BCUT2D eigenvalue weighted by molar-refractivity contribution is 8.00. The molecule has 2 unspecified atom stereocenters. The highest BCUT2D eigenvalue weighted by Gasteiger charge is 2.55. The van der Waals surface area contributed by atoms with E-state index in [9.17, 15) is 19.2 Å². The van der Waals surface area contributed by atoms with E-state index >= 15 is 0 Å². The number of thiazole rings is 1. The van der Waals surface area contributed by atoms with Gasteiger partial charge >= 0.3 is 12.1 Å². The van der Waals surface area contributed by atoms with Crippen molar-refractivity contribution >= 4 is 58.2 Å². The number of carbonyl (C=O) groups is 4. The van der Waals surface area contributed by atoms with Gasteiger partial charge in [0.2, 0.25) is 5.91 Å². The lowest BCUT2D eigenvalue weighted by Crippen LogP contribution is -2.70. The van der Waals surface area contributed by atoms with Gasteiger partial charge in [-0.3, -0.25) is 24.8 Å². The van der Waals surface area contributed by atoms with Gasteiger partial charge in [0.15, 0.2) is 6.10 Å². The number of hydrogen-bond acceptors (Lipinski definition) is 9. The number of β-lactam (4-membered cyclic amide) rings is 1. The van der Waals surface area contributed by atoms with Gasteiger partial charge < -0.3 is 14.8 Å². The van der Waals surface area contributed by atoms with Crippen molar-refractivity contribution in [1.82, 2.24) is 15.2 Å². The number of fused-ring (bicyclic) bond motifs is 1. The lowest BCUT2D eigenvalue weighted by atomic mass is 10.00. The first-order valence-electron chi connectivity index (χ1n) is 15.3. The number of thioether (sulfide) groups is 1. The molecule has 2 N–H and O–H groups in total. The molecular weight excluding hydrogens is 649 g/mol. The van der Waals surface area contributed by atoms with E-state index < -0.39 is 47.0 Å². The maximum atomic E-state index is 14.1. The molecule has 10 nitrogen and oxygen atoms in total. The molecule has 4 aromatic rings. The second-order valence-electron chi connectivity index (χ2n) is 12.2. The van der Waals surface area contributed by atoms with Crippen LogP contribution in [-0.4, -0.2) is 56.5 Å². The van der Waals surface area contributed by atoms with Crippen LogP contribution < -0.4 is 10.6 Å². The molecule has 2 aliphatic rings. The van der Waals surface area contributed by atoms with E-state index in [2.05, 4.69) is 15.6 Å². The standard InChI is InChI=1S/C36H34N4O6S2/c1-36(2,3)46-35(44)38-26-17-11-10-16-24(26)18-28(41)39-29-32(42)40-30(25(20-47-33(29)40)27-19-37-21-48-27)34(43)45-31(22-12-6-4-7-13-22)23-14-8-5-9-15-23/h4-17,19,21,29,31,33H,18,20H2,1-3H3,(H,38,44)(H,39,41). The quantitative estimate of drug-likeness (QED) is 0.158. The summed E-state index contributed by atoms with van der Waals surface area (Å²) in [7, 11) is 0. The Morgan fingerprint density at radius 1 is 0.958 bits per heavy atom. The highest BCUT2D eigenvalue weighted by atomic mass is 32.2. The van der Waals surface area contributed by atoms with Crippen LogP contribution in [0.15, 0.2) is 102 Å². The van der Waals surface area contributed by atoms with Crippen molar-refractivity contribution < 1.29 is 28.7 Å². The van der Waals surface area contributed by atoms with E-state index in [0.29, 0.717) is 22.6 Å². The van der Waals surface area contributed by atoms with Crippen molar-refractivity contribution in [3.63, 3.8) is 0 Å². The zero-order chi connectivity index (χ0) is 33.8. The Kier molecular flexibility index (Phi) is 9.65. The molecule has 3 aromatic carbocycles. The zero-order valence-electron chi connectivity index (χ0n) is 26.5. The summed E-state index contributed by atoms with van der Waals surface area (Å²) in [6.07, 6.45) is 0.249. The van der Waals surface area contributed by atoms with Gasteiger partial charge in [-0.05, 0) is 43.5 Å². The number of hydrogen-bond donors (Lipinski definition) is 2.